The van der Waals surface area contributed by atoms with Gasteiger partial charge in [0, 0.05) is 12.5 Å². The van der Waals surface area contributed by atoms with Crippen LogP contribution in [0.2, 0.25) is 0 Å². The zero-order valence-electron chi connectivity index (χ0n) is 15.7. The normalized spacial score (nSPS) is 11.7. The van der Waals surface area contributed by atoms with Gasteiger partial charge in [0.25, 0.3) is 5.91 Å². The van der Waals surface area contributed by atoms with Crippen molar-refractivity contribution in [2.45, 2.75) is 26.9 Å². The third kappa shape index (κ3) is 4.43. The van der Waals surface area contributed by atoms with E-state index in [0.717, 1.165) is 10.6 Å². The molecule has 7 heteroatoms. The molecule has 3 rings (SSSR count). The number of ether oxygens (including phenoxy) is 1. The summed E-state index contributed by atoms with van der Waals surface area (Å²) in [5.41, 5.74) is 1.68. The monoisotopic (exact) mass is 398 g/mol. The molecule has 1 aromatic heterocycles. The van der Waals surface area contributed by atoms with E-state index in [4.69, 9.17) is 4.74 Å². The maximum Gasteiger partial charge on any atom is 0.265 e. The van der Waals surface area contributed by atoms with Crippen molar-refractivity contribution in [1.29, 1.82) is 0 Å². The lowest BCUT2D eigenvalue weighted by Gasteiger charge is -2.15. The first-order valence-electron chi connectivity index (χ1n) is 8.66. The topological polar surface area (TPSA) is 68.3 Å². The van der Waals surface area contributed by atoms with Crippen LogP contribution in [0.5, 0.6) is 5.75 Å². The highest BCUT2D eigenvalue weighted by molar-refractivity contribution is 7.17. The predicted octanol–water partition coefficient (Wildman–Crippen LogP) is 4.87. The Morgan fingerprint density at radius 1 is 1.14 bits per heavy atom. The number of thiazole rings is 1. The smallest absolute Gasteiger partial charge is 0.265 e. The lowest BCUT2D eigenvalue weighted by Crippen LogP contribution is -2.30. The molecule has 0 bridgehead atoms. The Bertz CT molecular complexity index is 1010. The number of anilines is 1. The fourth-order valence-electron chi connectivity index (χ4n) is 2.58. The van der Waals surface area contributed by atoms with Gasteiger partial charge < -0.3 is 10.1 Å². The third-order valence-corrected chi connectivity index (χ3v) is 5.34. The van der Waals surface area contributed by atoms with Crippen LogP contribution in [-0.4, -0.2) is 22.8 Å². The molecular weight excluding hydrogens is 379 g/mol. The van der Waals surface area contributed by atoms with E-state index in [0.29, 0.717) is 16.3 Å². The van der Waals surface area contributed by atoms with E-state index in [9.17, 15) is 14.0 Å². The second-order valence-corrected chi connectivity index (χ2v) is 7.24. The van der Waals surface area contributed by atoms with Crippen molar-refractivity contribution in [3.63, 3.8) is 0 Å². The minimum Gasteiger partial charge on any atom is -0.481 e. The summed E-state index contributed by atoms with van der Waals surface area (Å²) >= 11 is 1.35. The Hall–Kier alpha value is -3.06. The molecule has 28 heavy (non-hydrogen) atoms. The molecule has 0 aliphatic rings. The van der Waals surface area contributed by atoms with Gasteiger partial charge in [-0.2, -0.15) is 0 Å². The number of hydrogen-bond donors (Lipinski definition) is 1. The molecular formula is C21H19FN2O3S. The van der Waals surface area contributed by atoms with E-state index in [2.05, 4.69) is 10.3 Å². The molecule has 0 aliphatic heterocycles. The van der Waals surface area contributed by atoms with Crippen LogP contribution < -0.4 is 10.1 Å². The average molecular weight is 398 g/mol. The van der Waals surface area contributed by atoms with Crippen molar-refractivity contribution in [1.82, 2.24) is 4.98 Å². The highest BCUT2D eigenvalue weighted by atomic mass is 32.1. The number of para-hydroxylation sites is 1. The molecule has 0 spiro atoms. The molecule has 144 valence electrons. The van der Waals surface area contributed by atoms with Crippen molar-refractivity contribution in [2.24, 2.45) is 0 Å². The van der Waals surface area contributed by atoms with Gasteiger partial charge in [0.1, 0.15) is 16.6 Å². The number of rotatable bonds is 6. The van der Waals surface area contributed by atoms with Crippen LogP contribution in [0.3, 0.4) is 0 Å². The Labute approximate surface area is 166 Å². The van der Waals surface area contributed by atoms with Crippen LogP contribution in [0.1, 0.15) is 29.2 Å². The number of halogens is 1. The molecule has 0 fully saturated rings. The molecule has 1 heterocycles. The van der Waals surface area contributed by atoms with Gasteiger partial charge in [-0.25, -0.2) is 9.37 Å². The van der Waals surface area contributed by atoms with Crippen molar-refractivity contribution < 1.29 is 18.7 Å². The fourth-order valence-corrected chi connectivity index (χ4v) is 3.54. The highest BCUT2D eigenvalue weighted by Gasteiger charge is 2.17. The summed E-state index contributed by atoms with van der Waals surface area (Å²) in [4.78, 5) is 28.9. The second kappa shape index (κ2) is 8.31. The van der Waals surface area contributed by atoms with Crippen molar-refractivity contribution >= 4 is 28.7 Å². The molecule has 0 unspecified atom stereocenters. The van der Waals surface area contributed by atoms with E-state index >= 15 is 0 Å². The van der Waals surface area contributed by atoms with Crippen LogP contribution in [0.25, 0.3) is 10.6 Å². The number of benzene rings is 2. The molecule has 1 amide bonds. The Balaban J connectivity index is 1.67. The Morgan fingerprint density at radius 3 is 2.43 bits per heavy atom. The zero-order valence-corrected chi connectivity index (χ0v) is 16.5. The van der Waals surface area contributed by atoms with Gasteiger partial charge in [-0.1, -0.05) is 12.1 Å². The predicted molar refractivity (Wildman–Crippen MR) is 107 cm³/mol. The quantitative estimate of drug-likeness (QED) is 0.602. The molecule has 0 radical (unpaired) electrons. The van der Waals surface area contributed by atoms with Gasteiger partial charge in [-0.15, -0.1) is 11.3 Å². The number of aryl methyl sites for hydroxylation is 1. The van der Waals surface area contributed by atoms with E-state index in [1.165, 1.54) is 30.4 Å². The van der Waals surface area contributed by atoms with Gasteiger partial charge >= 0.3 is 0 Å². The lowest BCUT2D eigenvalue weighted by atomic mass is 10.2. The maximum atomic E-state index is 13.6. The summed E-state index contributed by atoms with van der Waals surface area (Å²) in [6.07, 6.45) is -0.808. The molecule has 0 saturated carbocycles. The minimum absolute atomic E-state index is 0.00380. The maximum absolute atomic E-state index is 13.6. The summed E-state index contributed by atoms with van der Waals surface area (Å²) in [5, 5.41) is 3.26. The second-order valence-electron chi connectivity index (χ2n) is 6.24. The Morgan fingerprint density at radius 2 is 1.82 bits per heavy atom. The van der Waals surface area contributed by atoms with Crippen LogP contribution in [0.15, 0.2) is 48.5 Å². The zero-order chi connectivity index (χ0) is 20.3. The number of carbonyl (C=O) groups is 2. The van der Waals surface area contributed by atoms with Crippen molar-refractivity contribution in [3.8, 4) is 16.3 Å². The number of nitrogens with one attached hydrogen (secondary N) is 1. The summed E-state index contributed by atoms with van der Waals surface area (Å²) in [6.45, 7) is 4.92. The highest BCUT2D eigenvalue weighted by Crippen LogP contribution is 2.29. The molecule has 0 aliphatic carbocycles. The van der Waals surface area contributed by atoms with Crippen LogP contribution in [0, 0.1) is 12.7 Å². The molecule has 3 aromatic rings. The standard InChI is InChI=1S/C21H19FN2O3S/c1-12-19(13(2)25)28-21(23-12)15-8-10-16(11-9-15)27-14(3)20(26)24-18-7-5-4-6-17(18)22/h4-11,14H,1-3H3,(H,24,26)/t14-/m1/s1. The average Bonchev–Trinajstić information content (AvgIpc) is 3.06. The van der Waals surface area contributed by atoms with Gasteiger partial charge in [0.2, 0.25) is 0 Å². The molecule has 0 saturated heterocycles. The minimum atomic E-state index is -0.808. The van der Waals surface area contributed by atoms with E-state index < -0.39 is 17.8 Å². The van der Waals surface area contributed by atoms with Gasteiger partial charge in [-0.05, 0) is 50.2 Å². The first-order valence-corrected chi connectivity index (χ1v) is 9.47. The number of Topliss-reactive ketones (excluding diaryl/α,β-unsaturated/α-hetero) is 1. The first kappa shape index (κ1) is 19.7. The number of hydrogen-bond acceptors (Lipinski definition) is 5. The van der Waals surface area contributed by atoms with Crippen molar-refractivity contribution in [3.05, 3.63) is 64.9 Å². The van der Waals surface area contributed by atoms with Crippen LogP contribution in [0.4, 0.5) is 10.1 Å². The SMILES string of the molecule is CC(=O)c1sc(-c2ccc(O[C@H](C)C(=O)Nc3ccccc3F)cc2)nc1C. The molecule has 5 nitrogen and oxygen atoms in total. The van der Waals surface area contributed by atoms with Crippen LogP contribution in [-0.2, 0) is 4.79 Å². The van der Waals surface area contributed by atoms with Gasteiger partial charge in [0.15, 0.2) is 11.9 Å². The molecule has 2 aromatic carbocycles. The van der Waals surface area contributed by atoms with E-state index in [1.54, 1.807) is 31.2 Å². The van der Waals surface area contributed by atoms with Crippen molar-refractivity contribution in [2.75, 3.05) is 5.32 Å². The van der Waals surface area contributed by atoms with Gasteiger partial charge in [0.05, 0.1) is 16.3 Å². The lowest BCUT2D eigenvalue weighted by molar-refractivity contribution is -0.122. The summed E-state index contributed by atoms with van der Waals surface area (Å²) < 4.78 is 19.3. The number of ketones is 1. The number of amides is 1. The Kier molecular flexibility index (Phi) is 5.84. The molecule has 1 atom stereocenters. The number of carbonyl (C=O) groups excluding carboxylic acids is 2. The first-order chi connectivity index (χ1) is 13.3. The summed E-state index contributed by atoms with van der Waals surface area (Å²) in [5.74, 6) is -0.456. The van der Waals surface area contributed by atoms with Gasteiger partial charge in [-0.3, -0.25) is 9.59 Å². The number of nitrogens with zero attached hydrogens (tertiary/aromatic N) is 1. The third-order valence-electron chi connectivity index (χ3n) is 4.03. The van der Waals surface area contributed by atoms with E-state index in [1.807, 2.05) is 19.1 Å². The largest absolute Gasteiger partial charge is 0.481 e. The van der Waals surface area contributed by atoms with E-state index in [-0.39, 0.29) is 11.5 Å². The van der Waals surface area contributed by atoms with Crippen LogP contribution >= 0.6 is 11.3 Å². The fraction of sp³-hybridized carbons (Fsp3) is 0.190. The number of aromatic nitrogens is 1. The molecule has 1 N–H and O–H groups in total. The summed E-state index contributed by atoms with van der Waals surface area (Å²) in [7, 11) is 0. The summed E-state index contributed by atoms with van der Waals surface area (Å²) in [6, 6.07) is 13.0.